The zero-order valence-electron chi connectivity index (χ0n) is 7.88. The van der Waals surface area contributed by atoms with Gasteiger partial charge in [0.2, 0.25) is 5.88 Å². The number of nitro benzene ring substituents is 1. The Hall–Kier alpha value is -2.24. The van der Waals surface area contributed by atoms with Gasteiger partial charge in [0.15, 0.2) is 5.52 Å². The number of aromatic nitrogens is 2. The number of fused-ring (bicyclic) bond motifs is 1. The van der Waals surface area contributed by atoms with Gasteiger partial charge < -0.3 is 4.74 Å². The van der Waals surface area contributed by atoms with E-state index in [0.29, 0.717) is 11.3 Å². The first kappa shape index (κ1) is 9.32. The largest absolute Gasteiger partial charge is 0.480 e. The molecule has 0 radical (unpaired) electrons. The molecule has 1 aromatic carbocycles. The van der Waals surface area contributed by atoms with Crippen LogP contribution in [0, 0.1) is 10.1 Å². The van der Waals surface area contributed by atoms with Crippen LogP contribution < -0.4 is 4.74 Å². The van der Waals surface area contributed by atoms with Gasteiger partial charge in [-0.3, -0.25) is 10.1 Å². The lowest BCUT2D eigenvalue weighted by Gasteiger charge is -2.02. The highest BCUT2D eigenvalue weighted by atomic mass is 16.6. The standard InChI is InChI=1S/C9H7N3O3/c1-15-9-6-3-2-4-7(12(13)14)8(6)10-5-11-9/h2-5H,1H3. The van der Waals surface area contributed by atoms with Crippen molar-refractivity contribution in [2.45, 2.75) is 0 Å². The molecule has 0 N–H and O–H groups in total. The van der Waals surface area contributed by atoms with Crippen molar-refractivity contribution in [3.8, 4) is 5.88 Å². The molecule has 1 heterocycles. The van der Waals surface area contributed by atoms with Crippen LogP contribution in [0.3, 0.4) is 0 Å². The summed E-state index contributed by atoms with van der Waals surface area (Å²) in [4.78, 5) is 18.0. The molecule has 2 rings (SSSR count). The van der Waals surface area contributed by atoms with Crippen LogP contribution >= 0.6 is 0 Å². The van der Waals surface area contributed by atoms with Crippen molar-refractivity contribution in [2.24, 2.45) is 0 Å². The molecule has 0 aliphatic carbocycles. The number of hydrogen-bond acceptors (Lipinski definition) is 5. The molecule has 0 saturated heterocycles. The van der Waals surface area contributed by atoms with Crippen molar-refractivity contribution in [3.63, 3.8) is 0 Å². The molecule has 0 atom stereocenters. The van der Waals surface area contributed by atoms with Gasteiger partial charge in [-0.15, -0.1) is 0 Å². The SMILES string of the molecule is COc1ncnc2c([N+](=O)[O-])cccc12. The first-order valence-corrected chi connectivity index (χ1v) is 4.16. The Bertz CT molecular complexity index is 527. The van der Waals surface area contributed by atoms with Gasteiger partial charge in [-0.2, -0.15) is 0 Å². The summed E-state index contributed by atoms with van der Waals surface area (Å²) in [6.07, 6.45) is 1.24. The Morgan fingerprint density at radius 3 is 2.87 bits per heavy atom. The third-order valence-corrected chi connectivity index (χ3v) is 2.00. The number of ether oxygens (including phenoxy) is 1. The van der Waals surface area contributed by atoms with Crippen molar-refractivity contribution in [1.82, 2.24) is 9.97 Å². The van der Waals surface area contributed by atoms with Crippen molar-refractivity contribution in [2.75, 3.05) is 7.11 Å². The fourth-order valence-electron chi connectivity index (χ4n) is 1.36. The molecule has 6 heteroatoms. The van der Waals surface area contributed by atoms with Crippen LogP contribution in [0.2, 0.25) is 0 Å². The molecule has 15 heavy (non-hydrogen) atoms. The highest BCUT2D eigenvalue weighted by Gasteiger charge is 2.14. The number of methoxy groups -OCH3 is 1. The van der Waals surface area contributed by atoms with Crippen molar-refractivity contribution in [3.05, 3.63) is 34.6 Å². The summed E-state index contributed by atoms with van der Waals surface area (Å²) >= 11 is 0. The van der Waals surface area contributed by atoms with Crippen LogP contribution in [0.1, 0.15) is 0 Å². The third kappa shape index (κ3) is 1.45. The summed E-state index contributed by atoms with van der Waals surface area (Å²) in [5.41, 5.74) is 0.238. The average Bonchev–Trinajstić information content (AvgIpc) is 2.27. The van der Waals surface area contributed by atoms with Crippen molar-refractivity contribution < 1.29 is 9.66 Å². The van der Waals surface area contributed by atoms with E-state index in [9.17, 15) is 10.1 Å². The summed E-state index contributed by atoms with van der Waals surface area (Å²) in [5, 5.41) is 11.3. The minimum absolute atomic E-state index is 0.0480. The Kier molecular flexibility index (Phi) is 2.17. The predicted molar refractivity (Wildman–Crippen MR) is 52.7 cm³/mol. The zero-order chi connectivity index (χ0) is 10.8. The number of para-hydroxylation sites is 1. The van der Waals surface area contributed by atoms with E-state index in [-0.39, 0.29) is 11.2 Å². The lowest BCUT2D eigenvalue weighted by Crippen LogP contribution is -1.95. The molecule has 0 unspecified atom stereocenters. The molecule has 0 fully saturated rings. The number of nitrogens with zero attached hydrogens (tertiary/aromatic N) is 3. The maximum absolute atomic E-state index is 10.7. The Morgan fingerprint density at radius 1 is 1.40 bits per heavy atom. The molecule has 2 aromatic rings. The molecule has 0 spiro atoms. The maximum Gasteiger partial charge on any atom is 0.295 e. The van der Waals surface area contributed by atoms with Gasteiger partial charge in [0.05, 0.1) is 17.4 Å². The topological polar surface area (TPSA) is 78.2 Å². The number of rotatable bonds is 2. The van der Waals surface area contributed by atoms with Gasteiger partial charge in [-0.1, -0.05) is 6.07 Å². The van der Waals surface area contributed by atoms with E-state index in [4.69, 9.17) is 4.74 Å². The lowest BCUT2D eigenvalue weighted by atomic mass is 10.2. The average molecular weight is 205 g/mol. The smallest absolute Gasteiger partial charge is 0.295 e. The maximum atomic E-state index is 10.7. The molecule has 0 bridgehead atoms. The highest BCUT2D eigenvalue weighted by molar-refractivity contribution is 5.90. The summed E-state index contributed by atoms with van der Waals surface area (Å²) in [7, 11) is 1.46. The molecular formula is C9H7N3O3. The predicted octanol–water partition coefficient (Wildman–Crippen LogP) is 1.55. The molecule has 6 nitrogen and oxygen atoms in total. The van der Waals surface area contributed by atoms with E-state index >= 15 is 0 Å². The summed E-state index contributed by atoms with van der Waals surface area (Å²) < 4.78 is 4.99. The highest BCUT2D eigenvalue weighted by Crippen LogP contribution is 2.27. The van der Waals surface area contributed by atoms with Gasteiger partial charge in [0.1, 0.15) is 6.33 Å². The quantitative estimate of drug-likeness (QED) is 0.549. The molecule has 0 amide bonds. The van der Waals surface area contributed by atoms with Gasteiger partial charge in [0, 0.05) is 6.07 Å². The zero-order valence-corrected chi connectivity index (χ0v) is 7.88. The summed E-state index contributed by atoms with van der Waals surface area (Å²) in [5.74, 6) is 0.337. The Labute approximate surface area is 84.7 Å². The van der Waals surface area contributed by atoms with Crippen LogP contribution in [0.15, 0.2) is 24.5 Å². The second-order valence-electron chi connectivity index (χ2n) is 2.81. The van der Waals surface area contributed by atoms with Crippen molar-refractivity contribution in [1.29, 1.82) is 0 Å². The van der Waals surface area contributed by atoms with Crippen LogP contribution in [-0.2, 0) is 0 Å². The molecule has 0 aliphatic rings. The van der Waals surface area contributed by atoms with E-state index in [1.165, 1.54) is 19.5 Å². The molecule has 1 aromatic heterocycles. The first-order valence-electron chi connectivity index (χ1n) is 4.16. The van der Waals surface area contributed by atoms with Crippen LogP contribution in [0.4, 0.5) is 5.69 Å². The second-order valence-corrected chi connectivity index (χ2v) is 2.81. The van der Waals surface area contributed by atoms with Crippen LogP contribution in [0.5, 0.6) is 5.88 Å². The Morgan fingerprint density at radius 2 is 2.20 bits per heavy atom. The van der Waals surface area contributed by atoms with E-state index in [2.05, 4.69) is 9.97 Å². The van der Waals surface area contributed by atoms with E-state index < -0.39 is 4.92 Å². The number of non-ortho nitro benzene ring substituents is 1. The molecular weight excluding hydrogens is 198 g/mol. The molecule has 76 valence electrons. The van der Waals surface area contributed by atoms with Crippen molar-refractivity contribution >= 4 is 16.6 Å². The van der Waals surface area contributed by atoms with Gasteiger partial charge in [0.25, 0.3) is 5.69 Å². The van der Waals surface area contributed by atoms with E-state index in [1.54, 1.807) is 12.1 Å². The molecule has 0 saturated carbocycles. The minimum Gasteiger partial charge on any atom is -0.480 e. The van der Waals surface area contributed by atoms with Gasteiger partial charge >= 0.3 is 0 Å². The molecule has 0 aliphatic heterocycles. The van der Waals surface area contributed by atoms with Crippen LogP contribution in [0.25, 0.3) is 10.9 Å². The second kappa shape index (κ2) is 3.49. The first-order chi connectivity index (χ1) is 7.24. The lowest BCUT2D eigenvalue weighted by molar-refractivity contribution is -0.383. The van der Waals surface area contributed by atoms with E-state index in [1.807, 2.05) is 0 Å². The van der Waals surface area contributed by atoms with Gasteiger partial charge in [-0.05, 0) is 6.07 Å². The Balaban J connectivity index is 2.82. The summed E-state index contributed by atoms with van der Waals surface area (Å²) in [6, 6.07) is 4.66. The van der Waals surface area contributed by atoms with E-state index in [0.717, 1.165) is 0 Å². The number of hydrogen-bond donors (Lipinski definition) is 0. The van der Waals surface area contributed by atoms with Crippen LogP contribution in [-0.4, -0.2) is 22.0 Å². The number of benzene rings is 1. The monoisotopic (exact) mass is 205 g/mol. The third-order valence-electron chi connectivity index (χ3n) is 2.00. The fourth-order valence-corrected chi connectivity index (χ4v) is 1.36. The fraction of sp³-hybridized carbons (Fsp3) is 0.111. The van der Waals surface area contributed by atoms with Gasteiger partial charge in [-0.25, -0.2) is 9.97 Å². The minimum atomic E-state index is -0.477. The number of nitro groups is 1. The normalized spacial score (nSPS) is 10.2. The summed E-state index contributed by atoms with van der Waals surface area (Å²) in [6.45, 7) is 0.